The molecule has 0 radical (unpaired) electrons. The molecule has 4 aromatic rings. The van der Waals surface area contributed by atoms with Crippen molar-refractivity contribution < 1.29 is 46.9 Å². The number of ether oxygens (including phenoxy) is 2. The zero-order valence-electron chi connectivity index (χ0n) is 28.9. The standard InChI is InChI=1S/C33H41FN8O9S/c1-22(2)31(30(44)21-43)42(52(48,49)29-8-6-28(50-3)7-9-29)20-26-18-40(38-37-26)12-14-51-13-11-35-32(45)23-15-24(33(46)47)17-27(16-23)41-19-25(36-39-41)5-4-10-34/h6-9,15-19,22,31,43H,4-5,10-14,20-21H2,1-3H3,(H,35,45)(H,46,47)/t31-/m1/s1. The van der Waals surface area contributed by atoms with Gasteiger partial charge >= 0.3 is 5.97 Å². The number of methoxy groups -OCH3 is 1. The lowest BCUT2D eigenvalue weighted by Crippen LogP contribution is -2.48. The van der Waals surface area contributed by atoms with Crippen molar-refractivity contribution in [3.63, 3.8) is 0 Å². The predicted octanol–water partition coefficient (Wildman–Crippen LogP) is 1.69. The van der Waals surface area contributed by atoms with Gasteiger partial charge in [0.25, 0.3) is 5.91 Å². The van der Waals surface area contributed by atoms with Crippen LogP contribution < -0.4 is 10.1 Å². The van der Waals surface area contributed by atoms with Gasteiger partial charge in [-0.3, -0.25) is 14.0 Å². The SMILES string of the molecule is COc1ccc(S(=O)(=O)N(Cc2cn(CCOCCNC(=O)c3cc(C(=O)O)cc(-n4cc(CCCF)nn4)c3)nn2)[C@@H](C(=O)CO)C(C)C)cc1. The number of rotatable bonds is 21. The van der Waals surface area contributed by atoms with Crippen molar-refractivity contribution >= 4 is 27.7 Å². The van der Waals surface area contributed by atoms with Gasteiger partial charge in [0, 0.05) is 18.3 Å². The van der Waals surface area contributed by atoms with Gasteiger partial charge < -0.3 is 25.0 Å². The van der Waals surface area contributed by atoms with E-state index in [1.165, 1.54) is 65.1 Å². The molecule has 2 aromatic carbocycles. The van der Waals surface area contributed by atoms with Crippen LogP contribution in [0, 0.1) is 5.92 Å². The van der Waals surface area contributed by atoms with Gasteiger partial charge in [0.05, 0.1) is 79.9 Å². The highest BCUT2D eigenvalue weighted by atomic mass is 32.2. The minimum atomic E-state index is -4.23. The van der Waals surface area contributed by atoms with Crippen molar-refractivity contribution in [3.05, 3.63) is 77.4 Å². The van der Waals surface area contributed by atoms with Crippen molar-refractivity contribution in [1.82, 2.24) is 39.6 Å². The summed E-state index contributed by atoms with van der Waals surface area (Å²) in [7, 11) is -2.78. The Morgan fingerprint density at radius 1 is 1.00 bits per heavy atom. The lowest BCUT2D eigenvalue weighted by Gasteiger charge is -2.31. The summed E-state index contributed by atoms with van der Waals surface area (Å²) in [5.41, 5.74) is 1.03. The van der Waals surface area contributed by atoms with Gasteiger partial charge in [0.15, 0.2) is 5.78 Å². The number of nitrogens with one attached hydrogen (secondary N) is 1. The molecule has 0 aliphatic carbocycles. The second-order valence-corrected chi connectivity index (χ2v) is 13.8. The predicted molar refractivity (Wildman–Crippen MR) is 182 cm³/mol. The second kappa shape index (κ2) is 18.4. The number of sulfonamides is 1. The summed E-state index contributed by atoms with van der Waals surface area (Å²) in [6, 6.07) is 8.60. The number of aromatic carboxylic acids is 1. The molecule has 4 rings (SSSR count). The van der Waals surface area contributed by atoms with Crippen LogP contribution in [-0.2, 0) is 39.1 Å². The minimum absolute atomic E-state index is 0.0667. The van der Waals surface area contributed by atoms with Gasteiger partial charge in [-0.2, -0.15) is 4.31 Å². The van der Waals surface area contributed by atoms with Crippen molar-refractivity contribution in [2.75, 3.05) is 40.1 Å². The molecule has 1 amide bonds. The van der Waals surface area contributed by atoms with Crippen LogP contribution in [0.15, 0.2) is 59.8 Å². The Morgan fingerprint density at radius 3 is 2.37 bits per heavy atom. The number of aromatic nitrogens is 6. The van der Waals surface area contributed by atoms with Crippen molar-refractivity contribution in [2.24, 2.45) is 5.92 Å². The van der Waals surface area contributed by atoms with Crippen LogP contribution in [0.1, 0.15) is 52.4 Å². The third-order valence-corrected chi connectivity index (χ3v) is 9.63. The first-order valence-corrected chi connectivity index (χ1v) is 17.7. The molecule has 0 saturated carbocycles. The van der Waals surface area contributed by atoms with E-state index in [0.717, 1.165) is 4.31 Å². The van der Waals surface area contributed by atoms with E-state index in [0.29, 0.717) is 23.6 Å². The molecule has 0 aliphatic heterocycles. The molecule has 1 atom stereocenters. The summed E-state index contributed by atoms with van der Waals surface area (Å²) < 4.78 is 54.6. The number of carboxylic acid groups (broad SMARTS) is 1. The summed E-state index contributed by atoms with van der Waals surface area (Å²) in [5.74, 6) is -2.46. The molecular formula is C33H41FN8O9S. The highest BCUT2D eigenvalue weighted by Crippen LogP contribution is 2.26. The fourth-order valence-electron chi connectivity index (χ4n) is 5.24. The van der Waals surface area contributed by atoms with E-state index in [-0.39, 0.29) is 61.0 Å². The maximum atomic E-state index is 13.8. The van der Waals surface area contributed by atoms with Crippen LogP contribution in [0.4, 0.5) is 4.39 Å². The molecule has 0 unspecified atom stereocenters. The molecule has 17 nitrogen and oxygen atoms in total. The van der Waals surface area contributed by atoms with Crippen molar-refractivity contribution in [1.29, 1.82) is 0 Å². The lowest BCUT2D eigenvalue weighted by atomic mass is 10.00. The number of aliphatic hydroxyl groups excluding tert-OH is 1. The fraction of sp³-hybridized carbons (Fsp3) is 0.424. The van der Waals surface area contributed by atoms with E-state index in [4.69, 9.17) is 9.47 Å². The van der Waals surface area contributed by atoms with Gasteiger partial charge in [0.2, 0.25) is 10.0 Å². The molecule has 280 valence electrons. The van der Waals surface area contributed by atoms with Gasteiger partial charge in [-0.05, 0) is 61.2 Å². The van der Waals surface area contributed by atoms with E-state index in [1.807, 2.05) is 0 Å². The molecule has 3 N–H and O–H groups in total. The van der Waals surface area contributed by atoms with Gasteiger partial charge in [-0.15, -0.1) is 10.2 Å². The van der Waals surface area contributed by atoms with Gasteiger partial charge in [-0.25, -0.2) is 22.6 Å². The van der Waals surface area contributed by atoms with Crippen LogP contribution in [0.25, 0.3) is 5.69 Å². The molecule has 0 fully saturated rings. The maximum Gasteiger partial charge on any atom is 0.335 e. The number of carbonyl (C=O) groups is 3. The highest BCUT2D eigenvalue weighted by Gasteiger charge is 2.38. The highest BCUT2D eigenvalue weighted by molar-refractivity contribution is 7.89. The number of carboxylic acids is 1. The number of aryl methyl sites for hydroxylation is 1. The third kappa shape index (κ3) is 10.2. The first-order valence-electron chi connectivity index (χ1n) is 16.3. The van der Waals surface area contributed by atoms with Crippen molar-refractivity contribution in [3.8, 4) is 11.4 Å². The first kappa shape index (κ1) is 39.7. The zero-order chi connectivity index (χ0) is 37.8. The Morgan fingerprint density at radius 2 is 1.71 bits per heavy atom. The van der Waals surface area contributed by atoms with E-state index in [2.05, 4.69) is 25.9 Å². The number of benzene rings is 2. The van der Waals surface area contributed by atoms with Gasteiger partial charge in [-0.1, -0.05) is 24.3 Å². The van der Waals surface area contributed by atoms with Gasteiger partial charge in [0.1, 0.15) is 12.4 Å². The van der Waals surface area contributed by atoms with Crippen LogP contribution in [0.3, 0.4) is 0 Å². The zero-order valence-corrected chi connectivity index (χ0v) is 29.7. The topological polar surface area (TPSA) is 221 Å². The summed E-state index contributed by atoms with van der Waals surface area (Å²) in [6.45, 7) is 2.30. The normalized spacial score (nSPS) is 12.3. The number of alkyl halides is 1. The van der Waals surface area contributed by atoms with E-state index >= 15 is 0 Å². The summed E-state index contributed by atoms with van der Waals surface area (Å²) >= 11 is 0. The van der Waals surface area contributed by atoms with Crippen molar-refractivity contribution in [2.45, 2.75) is 50.7 Å². The lowest BCUT2D eigenvalue weighted by molar-refractivity contribution is -0.127. The third-order valence-electron chi connectivity index (χ3n) is 7.79. The molecule has 0 spiro atoms. The summed E-state index contributed by atoms with van der Waals surface area (Å²) in [4.78, 5) is 37.3. The average Bonchev–Trinajstić information content (AvgIpc) is 3.81. The number of ketones is 1. The number of halogens is 1. The first-order chi connectivity index (χ1) is 24.9. The Hall–Kier alpha value is -5.11. The Kier molecular flexibility index (Phi) is 14.0. The molecule has 0 aliphatic rings. The molecule has 2 aromatic heterocycles. The number of amides is 1. The smallest absolute Gasteiger partial charge is 0.335 e. The molecule has 52 heavy (non-hydrogen) atoms. The molecular weight excluding hydrogens is 703 g/mol. The van der Waals surface area contributed by atoms with E-state index in [1.54, 1.807) is 20.0 Å². The maximum absolute atomic E-state index is 13.8. The van der Waals surface area contributed by atoms with E-state index in [9.17, 15) is 37.4 Å². The Balaban J connectivity index is 1.34. The summed E-state index contributed by atoms with van der Waals surface area (Å²) in [6.07, 6.45) is 3.70. The molecule has 19 heteroatoms. The van der Waals surface area contributed by atoms with Crippen LogP contribution in [0.5, 0.6) is 5.75 Å². The summed E-state index contributed by atoms with van der Waals surface area (Å²) in [5, 5.41) is 37.9. The minimum Gasteiger partial charge on any atom is -0.497 e. The number of Topliss-reactive ketones (excluding diaryl/α,β-unsaturated/α-hetero) is 1. The number of aliphatic hydroxyl groups is 1. The monoisotopic (exact) mass is 744 g/mol. The number of hydrogen-bond donors (Lipinski definition) is 3. The molecule has 2 heterocycles. The van der Waals surface area contributed by atoms with Crippen LogP contribution in [-0.4, -0.2) is 117 Å². The van der Waals surface area contributed by atoms with Crippen LogP contribution >= 0.6 is 0 Å². The Bertz CT molecular complexity index is 1930. The molecule has 0 saturated heterocycles. The fourth-order valence-corrected chi connectivity index (χ4v) is 6.95. The molecule has 0 bridgehead atoms. The average molecular weight is 745 g/mol. The largest absolute Gasteiger partial charge is 0.497 e. The number of nitrogens with zero attached hydrogens (tertiary/aromatic N) is 7. The number of hydrogen-bond acceptors (Lipinski definition) is 12. The number of carbonyl (C=O) groups excluding carboxylic acids is 2. The Labute approximate surface area is 299 Å². The van der Waals surface area contributed by atoms with Crippen LogP contribution in [0.2, 0.25) is 0 Å². The van der Waals surface area contributed by atoms with E-state index < -0.39 is 52.9 Å². The second-order valence-electron chi connectivity index (χ2n) is 11.9. The quantitative estimate of drug-likeness (QED) is 0.104.